The molecule has 0 saturated carbocycles. The minimum atomic E-state index is -0.366. The number of Topliss-reactive ketones (excluding diaryl/α,β-unsaturated/α-hetero) is 1. The van der Waals surface area contributed by atoms with Crippen LogP contribution in [0.3, 0.4) is 0 Å². The molecule has 0 saturated heterocycles. The van der Waals surface area contributed by atoms with Crippen LogP contribution in [0, 0.1) is 17.3 Å². The lowest BCUT2D eigenvalue weighted by Crippen LogP contribution is -2.38. The molecule has 0 aromatic heterocycles. The average Bonchev–Trinajstić information content (AvgIpc) is 2.40. The summed E-state index contributed by atoms with van der Waals surface area (Å²) >= 11 is 0. The third-order valence-corrected chi connectivity index (χ3v) is 4.41. The van der Waals surface area contributed by atoms with Crippen molar-refractivity contribution >= 4 is 11.8 Å². The Labute approximate surface area is 118 Å². The molecule has 0 aliphatic heterocycles. The van der Waals surface area contributed by atoms with Crippen LogP contribution in [0.4, 0.5) is 0 Å². The van der Waals surface area contributed by atoms with Gasteiger partial charge in [-0.1, -0.05) is 54.4 Å². The number of rotatable bonds is 9. The Balaban J connectivity index is 4.47. The van der Waals surface area contributed by atoms with Crippen molar-refractivity contribution in [2.24, 2.45) is 17.3 Å². The van der Waals surface area contributed by atoms with E-state index in [9.17, 15) is 9.59 Å². The predicted molar refractivity (Wildman–Crippen MR) is 77.9 cm³/mol. The fourth-order valence-electron chi connectivity index (χ4n) is 2.05. The zero-order valence-corrected chi connectivity index (χ0v) is 13.4. The van der Waals surface area contributed by atoms with Gasteiger partial charge in [-0.05, 0) is 11.8 Å². The number of carbonyl (C=O) groups is 2. The van der Waals surface area contributed by atoms with Gasteiger partial charge in [0.15, 0.2) is 0 Å². The summed E-state index contributed by atoms with van der Waals surface area (Å²) in [7, 11) is 0. The Hall–Kier alpha value is -0.860. The van der Waals surface area contributed by atoms with Crippen molar-refractivity contribution in [1.82, 2.24) is 0 Å². The van der Waals surface area contributed by atoms with E-state index in [-0.39, 0.29) is 29.0 Å². The van der Waals surface area contributed by atoms with Crippen LogP contribution in [0.25, 0.3) is 0 Å². The molecule has 0 fully saturated rings. The van der Waals surface area contributed by atoms with Crippen LogP contribution in [-0.2, 0) is 14.3 Å². The summed E-state index contributed by atoms with van der Waals surface area (Å²) in [6.07, 6.45) is 3.62. The van der Waals surface area contributed by atoms with Crippen LogP contribution in [0.15, 0.2) is 0 Å². The summed E-state index contributed by atoms with van der Waals surface area (Å²) in [4.78, 5) is 23.9. The molecule has 2 atom stereocenters. The number of esters is 1. The second-order valence-electron chi connectivity index (χ2n) is 5.96. The Morgan fingerprint density at radius 2 is 1.63 bits per heavy atom. The molecule has 0 spiro atoms. The summed E-state index contributed by atoms with van der Waals surface area (Å²) in [5.74, 6) is -0.372. The molecule has 0 rings (SSSR count). The quantitative estimate of drug-likeness (QED) is 0.470. The molecule has 0 heterocycles. The van der Waals surface area contributed by atoms with Crippen molar-refractivity contribution in [2.75, 3.05) is 6.61 Å². The zero-order valence-electron chi connectivity index (χ0n) is 13.4. The summed E-state index contributed by atoms with van der Waals surface area (Å²) in [5, 5.41) is 0. The van der Waals surface area contributed by atoms with Gasteiger partial charge in [0.25, 0.3) is 0 Å². The first-order valence-electron chi connectivity index (χ1n) is 7.48. The molecular weight excluding hydrogens is 240 g/mol. The van der Waals surface area contributed by atoms with Crippen molar-refractivity contribution in [3.05, 3.63) is 0 Å². The van der Waals surface area contributed by atoms with Crippen LogP contribution in [-0.4, -0.2) is 18.4 Å². The van der Waals surface area contributed by atoms with Crippen LogP contribution in [0.1, 0.15) is 67.2 Å². The number of unbranched alkanes of at least 4 members (excludes halogenated alkanes) is 2. The summed E-state index contributed by atoms with van der Waals surface area (Å²) in [6.45, 7) is 12.2. The van der Waals surface area contributed by atoms with E-state index >= 15 is 0 Å². The smallest absolute Gasteiger partial charge is 0.309 e. The maximum atomic E-state index is 12.0. The highest BCUT2D eigenvalue weighted by molar-refractivity contribution is 5.82. The lowest BCUT2D eigenvalue weighted by Gasteiger charge is -2.35. The van der Waals surface area contributed by atoms with Crippen molar-refractivity contribution in [3.8, 4) is 0 Å². The number of hydrogen-bond acceptors (Lipinski definition) is 3. The molecule has 3 heteroatoms. The van der Waals surface area contributed by atoms with Crippen LogP contribution < -0.4 is 0 Å². The molecule has 19 heavy (non-hydrogen) atoms. The van der Waals surface area contributed by atoms with Crippen LogP contribution in [0.2, 0.25) is 0 Å². The monoisotopic (exact) mass is 270 g/mol. The molecule has 0 N–H and O–H groups in total. The molecule has 0 amide bonds. The topological polar surface area (TPSA) is 43.4 Å². The van der Waals surface area contributed by atoms with E-state index in [0.29, 0.717) is 13.0 Å². The number of ketones is 1. The van der Waals surface area contributed by atoms with Crippen molar-refractivity contribution < 1.29 is 14.3 Å². The van der Waals surface area contributed by atoms with Gasteiger partial charge in [0.2, 0.25) is 0 Å². The molecular formula is C16H30O3. The van der Waals surface area contributed by atoms with Gasteiger partial charge in [0.05, 0.1) is 12.5 Å². The molecule has 0 radical (unpaired) electrons. The Morgan fingerprint density at radius 1 is 1.05 bits per heavy atom. The third kappa shape index (κ3) is 5.33. The van der Waals surface area contributed by atoms with Gasteiger partial charge in [-0.3, -0.25) is 9.59 Å². The molecule has 2 unspecified atom stereocenters. The van der Waals surface area contributed by atoms with Gasteiger partial charge in [-0.2, -0.15) is 0 Å². The Morgan fingerprint density at radius 3 is 2.11 bits per heavy atom. The first kappa shape index (κ1) is 18.1. The largest absolute Gasteiger partial charge is 0.465 e. The van der Waals surface area contributed by atoms with E-state index in [2.05, 4.69) is 6.92 Å². The minimum Gasteiger partial charge on any atom is -0.465 e. The highest BCUT2D eigenvalue weighted by atomic mass is 16.5. The molecule has 0 bridgehead atoms. The SMILES string of the molecule is CCCCCOC(=O)C(C)C(C)(C)C(C)C(=O)CC. The fraction of sp³-hybridized carbons (Fsp3) is 0.875. The lowest BCUT2D eigenvalue weighted by molar-refractivity contribution is -0.154. The van der Waals surface area contributed by atoms with Crippen LogP contribution >= 0.6 is 0 Å². The fourth-order valence-corrected chi connectivity index (χ4v) is 2.05. The number of hydrogen-bond donors (Lipinski definition) is 0. The lowest BCUT2D eigenvalue weighted by atomic mass is 9.69. The van der Waals surface area contributed by atoms with Crippen molar-refractivity contribution in [3.63, 3.8) is 0 Å². The van der Waals surface area contributed by atoms with E-state index in [0.717, 1.165) is 19.3 Å². The molecule has 0 aliphatic carbocycles. The molecule has 112 valence electrons. The number of carbonyl (C=O) groups excluding carboxylic acids is 2. The summed E-state index contributed by atoms with van der Waals surface area (Å²) in [6, 6.07) is 0. The summed E-state index contributed by atoms with van der Waals surface area (Å²) < 4.78 is 5.31. The van der Waals surface area contributed by atoms with Gasteiger partial charge >= 0.3 is 5.97 Å². The molecule has 0 aromatic carbocycles. The third-order valence-electron chi connectivity index (χ3n) is 4.41. The van der Waals surface area contributed by atoms with Gasteiger partial charge in [0.1, 0.15) is 5.78 Å². The first-order valence-corrected chi connectivity index (χ1v) is 7.48. The van der Waals surface area contributed by atoms with Gasteiger partial charge in [0, 0.05) is 12.3 Å². The highest BCUT2D eigenvalue weighted by Gasteiger charge is 2.39. The van der Waals surface area contributed by atoms with Crippen molar-refractivity contribution in [1.29, 1.82) is 0 Å². The predicted octanol–water partition coefficient (Wildman–Crippen LogP) is 4.00. The van der Waals surface area contributed by atoms with E-state index in [4.69, 9.17) is 4.74 Å². The van der Waals surface area contributed by atoms with E-state index < -0.39 is 0 Å². The minimum absolute atomic E-state index is 0.129. The molecule has 0 aliphatic rings. The highest BCUT2D eigenvalue weighted by Crippen LogP contribution is 2.36. The Bertz CT molecular complexity index is 294. The zero-order chi connectivity index (χ0) is 15.1. The average molecular weight is 270 g/mol. The first-order chi connectivity index (χ1) is 8.78. The van der Waals surface area contributed by atoms with Crippen LogP contribution in [0.5, 0.6) is 0 Å². The molecule has 0 aromatic rings. The van der Waals surface area contributed by atoms with E-state index in [1.165, 1.54) is 0 Å². The second-order valence-corrected chi connectivity index (χ2v) is 5.96. The molecule has 3 nitrogen and oxygen atoms in total. The van der Waals surface area contributed by atoms with Gasteiger partial charge in [-0.25, -0.2) is 0 Å². The summed E-state index contributed by atoms with van der Waals surface area (Å²) in [5.41, 5.74) is -0.366. The number of ether oxygens (including phenoxy) is 1. The Kier molecular flexibility index (Phi) is 7.96. The maximum absolute atomic E-state index is 12.0. The van der Waals surface area contributed by atoms with E-state index in [1.807, 2.05) is 34.6 Å². The van der Waals surface area contributed by atoms with E-state index in [1.54, 1.807) is 0 Å². The normalized spacial score (nSPS) is 14.8. The second kappa shape index (κ2) is 8.34. The van der Waals surface area contributed by atoms with Gasteiger partial charge in [-0.15, -0.1) is 0 Å². The van der Waals surface area contributed by atoms with Crippen molar-refractivity contribution in [2.45, 2.75) is 67.2 Å². The standard InChI is InChI=1S/C16H30O3/c1-7-9-10-11-19-15(18)13(4)16(5,6)12(3)14(17)8-2/h12-13H,7-11H2,1-6H3. The maximum Gasteiger partial charge on any atom is 0.309 e. The van der Waals surface area contributed by atoms with Gasteiger partial charge < -0.3 is 4.74 Å².